The summed E-state index contributed by atoms with van der Waals surface area (Å²) in [5.41, 5.74) is 8.62. The van der Waals surface area contributed by atoms with Crippen molar-refractivity contribution < 1.29 is 20.8 Å². The zero-order valence-electron chi connectivity index (χ0n) is 18.7. The molecule has 3 aromatic carbocycles. The first-order chi connectivity index (χ1) is 13.7. The summed E-state index contributed by atoms with van der Waals surface area (Å²) < 4.78 is 0. The first-order valence-corrected chi connectivity index (χ1v) is 16.9. The van der Waals surface area contributed by atoms with Crippen molar-refractivity contribution in [2.45, 2.75) is 72.6 Å². The van der Waals surface area contributed by atoms with Crippen molar-refractivity contribution in [1.29, 1.82) is 0 Å². The summed E-state index contributed by atoms with van der Waals surface area (Å²) in [5, 5.41) is 2.80. The molecule has 0 amide bonds. The van der Waals surface area contributed by atoms with Crippen LogP contribution in [-0.4, -0.2) is 0 Å². The molecule has 0 aliphatic carbocycles. The van der Waals surface area contributed by atoms with Crippen LogP contribution in [0.15, 0.2) is 42.5 Å². The topological polar surface area (TPSA) is 0 Å². The molecule has 3 rings (SSSR count). The molecule has 0 aliphatic heterocycles. The first-order valence-electron chi connectivity index (χ1n) is 10.6. The third-order valence-electron chi connectivity index (χ3n) is 5.61. The van der Waals surface area contributed by atoms with Gasteiger partial charge in [-0.05, 0) is 40.9 Å². The normalized spacial score (nSPS) is 11.3. The van der Waals surface area contributed by atoms with E-state index in [4.69, 9.17) is 17.0 Å². The minimum absolute atomic E-state index is 0.514. The van der Waals surface area contributed by atoms with Crippen LogP contribution in [0.4, 0.5) is 0 Å². The number of benzene rings is 2. The van der Waals surface area contributed by atoms with Crippen LogP contribution in [0.25, 0.3) is 21.9 Å². The average molecular weight is 508 g/mol. The molecule has 0 aliphatic rings. The fourth-order valence-corrected chi connectivity index (χ4v) is 3.86. The van der Waals surface area contributed by atoms with Crippen molar-refractivity contribution in [3.8, 4) is 11.1 Å². The van der Waals surface area contributed by atoms with Crippen LogP contribution in [0.3, 0.4) is 0 Å². The number of halogens is 2. The average Bonchev–Trinajstić information content (AvgIpc) is 3.10. The Morgan fingerprint density at radius 2 is 1.38 bits per heavy atom. The van der Waals surface area contributed by atoms with E-state index < -0.39 is 20.8 Å². The van der Waals surface area contributed by atoms with Gasteiger partial charge in [-0.25, -0.2) is 0 Å². The predicted molar refractivity (Wildman–Crippen MR) is 128 cm³/mol. The van der Waals surface area contributed by atoms with Crippen LogP contribution in [0.2, 0.25) is 0 Å². The van der Waals surface area contributed by atoms with Gasteiger partial charge >= 0.3 is 37.9 Å². The van der Waals surface area contributed by atoms with Gasteiger partial charge in [0.05, 0.1) is 0 Å². The molecule has 0 N–H and O–H groups in total. The third kappa shape index (κ3) is 6.03. The van der Waals surface area contributed by atoms with Crippen LogP contribution in [0, 0.1) is 0 Å². The van der Waals surface area contributed by atoms with Crippen LogP contribution in [0.1, 0.15) is 88.5 Å². The molecule has 0 saturated heterocycles. The van der Waals surface area contributed by atoms with Crippen molar-refractivity contribution in [3.63, 3.8) is 0 Å². The second-order valence-corrected chi connectivity index (χ2v) is 12.4. The molecule has 0 aromatic heterocycles. The minimum atomic E-state index is -0.826. The van der Waals surface area contributed by atoms with Gasteiger partial charge in [0.25, 0.3) is 0 Å². The van der Waals surface area contributed by atoms with Crippen LogP contribution in [-0.2, 0) is 27.3 Å². The van der Waals surface area contributed by atoms with Gasteiger partial charge in [0, 0.05) is 0 Å². The van der Waals surface area contributed by atoms with Gasteiger partial charge in [0.1, 0.15) is 0 Å². The maximum atomic E-state index is 4.93. The number of hydrogen-bond acceptors (Lipinski definition) is 0. The number of hydrogen-bond donors (Lipinski definition) is 0. The van der Waals surface area contributed by atoms with Gasteiger partial charge in [0.15, 0.2) is 0 Å². The Morgan fingerprint density at radius 3 is 1.83 bits per heavy atom. The van der Waals surface area contributed by atoms with Gasteiger partial charge in [-0.2, -0.15) is 6.07 Å². The molecule has 0 saturated carbocycles. The van der Waals surface area contributed by atoms with E-state index in [2.05, 4.69) is 90.9 Å². The summed E-state index contributed by atoms with van der Waals surface area (Å²) in [6.07, 6.45) is 1.09. The molecule has 0 unspecified atom stereocenters. The second kappa shape index (κ2) is 11.2. The summed E-state index contributed by atoms with van der Waals surface area (Å²) >= 11 is -0.826. The van der Waals surface area contributed by atoms with E-state index >= 15 is 0 Å². The van der Waals surface area contributed by atoms with Gasteiger partial charge in [-0.1, -0.05) is 77.8 Å². The second-order valence-electron chi connectivity index (χ2n) is 8.67. The van der Waals surface area contributed by atoms with E-state index in [1.165, 1.54) is 44.2 Å². The van der Waals surface area contributed by atoms with Crippen molar-refractivity contribution >= 4 is 27.8 Å². The Kier molecular flexibility index (Phi) is 9.59. The molecule has 0 radical (unpaired) electrons. The van der Waals surface area contributed by atoms with E-state index in [0.717, 1.165) is 6.42 Å². The van der Waals surface area contributed by atoms with Gasteiger partial charge < -0.3 is 0 Å². The number of rotatable bonds is 5. The Bertz CT molecular complexity index is 909. The van der Waals surface area contributed by atoms with E-state index in [1.807, 2.05) is 0 Å². The molecule has 3 aromatic rings. The van der Waals surface area contributed by atoms with Crippen LogP contribution >= 0.6 is 17.0 Å². The summed E-state index contributed by atoms with van der Waals surface area (Å²) in [6, 6.07) is 16.7. The molecule has 0 fully saturated rings. The van der Waals surface area contributed by atoms with Crippen LogP contribution in [0.5, 0.6) is 0 Å². The molecule has 156 valence electrons. The van der Waals surface area contributed by atoms with Gasteiger partial charge in [-0.15, -0.1) is 34.5 Å². The zero-order chi connectivity index (χ0) is 21.7. The van der Waals surface area contributed by atoms with E-state index in [9.17, 15) is 0 Å². The molecule has 3 heteroatoms. The quantitative estimate of drug-likeness (QED) is 0.302. The SMILES string of the molecule is CCc1cc2c(-c3cc(C(C)C)cc(C(C)C)c3)c(C(C)C)ccc2[cH-]1.[Cl][Zr][Cl]. The summed E-state index contributed by atoms with van der Waals surface area (Å²) in [6.45, 7) is 16.0. The van der Waals surface area contributed by atoms with Crippen molar-refractivity contribution in [2.75, 3.05) is 0 Å². The Morgan fingerprint density at radius 1 is 0.828 bits per heavy atom. The fourth-order valence-electron chi connectivity index (χ4n) is 3.86. The first kappa shape index (κ1) is 24.8. The van der Waals surface area contributed by atoms with E-state index in [-0.39, 0.29) is 0 Å². The maximum absolute atomic E-state index is 4.93. The Labute approximate surface area is 196 Å². The molecule has 0 bridgehead atoms. The molecular weight excluding hydrogens is 474 g/mol. The van der Waals surface area contributed by atoms with Crippen molar-refractivity contribution in [3.05, 3.63) is 64.7 Å². The molecule has 0 atom stereocenters. The fraction of sp³-hybridized carbons (Fsp3) is 0.423. The molecular formula is C26H33Cl2Zr-. The third-order valence-corrected chi connectivity index (χ3v) is 5.61. The Balaban J connectivity index is 0.000000941. The molecule has 0 nitrogen and oxygen atoms in total. The molecule has 0 heterocycles. The van der Waals surface area contributed by atoms with E-state index in [0.29, 0.717) is 17.8 Å². The monoisotopic (exact) mass is 505 g/mol. The molecule has 29 heavy (non-hydrogen) atoms. The molecule has 0 spiro atoms. The van der Waals surface area contributed by atoms with Crippen LogP contribution < -0.4 is 0 Å². The number of fused-ring (bicyclic) bond motifs is 1. The standard InChI is InChI=1S/C26H33.2ClH.Zr/c1-8-19-11-20-9-10-24(18(6)7)26(25(20)12-19)23-14-21(16(2)3)13-22(15-23)17(4)5;;;/h9-18H,8H2,1-7H3;2*1H;/q-1;;;+2/p-2. The summed E-state index contributed by atoms with van der Waals surface area (Å²) in [7, 11) is 9.87. The van der Waals surface area contributed by atoms with Crippen molar-refractivity contribution in [2.24, 2.45) is 0 Å². The Hall–Kier alpha value is -0.487. The summed E-state index contributed by atoms with van der Waals surface area (Å²) in [4.78, 5) is 0. The van der Waals surface area contributed by atoms with E-state index in [1.54, 1.807) is 0 Å². The predicted octanol–water partition coefficient (Wildman–Crippen LogP) is 9.53. The zero-order valence-corrected chi connectivity index (χ0v) is 22.7. The summed E-state index contributed by atoms with van der Waals surface area (Å²) in [5.74, 6) is 1.60. The van der Waals surface area contributed by atoms with Crippen molar-refractivity contribution in [1.82, 2.24) is 0 Å². The number of aryl methyl sites for hydroxylation is 1. The van der Waals surface area contributed by atoms with Gasteiger partial charge in [0.2, 0.25) is 0 Å². The van der Waals surface area contributed by atoms with Gasteiger partial charge in [-0.3, -0.25) is 0 Å².